The molecule has 0 aromatic carbocycles. The first-order chi connectivity index (χ1) is 7.16. The first-order valence-corrected chi connectivity index (χ1v) is 5.96. The van der Waals surface area contributed by atoms with Crippen LogP contribution in [0.4, 0.5) is 0 Å². The van der Waals surface area contributed by atoms with Crippen molar-refractivity contribution >= 4 is 0 Å². The van der Waals surface area contributed by atoms with E-state index in [2.05, 4.69) is 26.1 Å². The summed E-state index contributed by atoms with van der Waals surface area (Å²) in [6.45, 7) is 6.80. The fraction of sp³-hybridized carbons (Fsp3) is 0.692. The molecule has 1 fully saturated rings. The van der Waals surface area contributed by atoms with Crippen LogP contribution < -0.4 is 5.32 Å². The van der Waals surface area contributed by atoms with E-state index >= 15 is 0 Å². The Morgan fingerprint density at radius 1 is 1.33 bits per heavy atom. The molecular weight excluding hydrogens is 186 g/mol. The number of hydrogen-bond acceptors (Lipinski definition) is 2. The van der Waals surface area contributed by atoms with Crippen LogP contribution >= 0.6 is 0 Å². The summed E-state index contributed by atoms with van der Waals surface area (Å²) in [4.78, 5) is 0. The normalized spacial score (nSPS) is 27.7. The number of hydrogen-bond donors (Lipinski definition) is 1. The van der Waals surface area contributed by atoms with Crippen molar-refractivity contribution in [2.75, 3.05) is 0 Å². The summed E-state index contributed by atoms with van der Waals surface area (Å²) in [6, 6.07) is 5.03. The fourth-order valence-electron chi connectivity index (χ4n) is 2.32. The molecule has 1 aliphatic rings. The van der Waals surface area contributed by atoms with Gasteiger partial charge in [-0.2, -0.15) is 0 Å². The molecule has 84 valence electrons. The quantitative estimate of drug-likeness (QED) is 0.819. The molecule has 2 nitrogen and oxygen atoms in total. The fourth-order valence-corrected chi connectivity index (χ4v) is 2.32. The predicted octanol–water partition coefficient (Wildman–Crippen LogP) is 3.36. The van der Waals surface area contributed by atoms with Gasteiger partial charge in [-0.05, 0) is 43.7 Å². The maximum Gasteiger partial charge on any atom is 0.120 e. The standard InChI is InChI=1S/C13H21NO/c1-9(2)11-7-12(8-11)14-10(3)13-5-4-6-15-13/h4-6,9-12,14H,7-8H2,1-3H3/t10-,11?,12?/m0/s1. The second kappa shape index (κ2) is 4.40. The van der Waals surface area contributed by atoms with Gasteiger partial charge in [-0.1, -0.05) is 13.8 Å². The number of furan rings is 1. The minimum atomic E-state index is 0.345. The maximum absolute atomic E-state index is 5.38. The summed E-state index contributed by atoms with van der Waals surface area (Å²) in [5, 5.41) is 3.61. The molecule has 0 bridgehead atoms. The molecule has 0 saturated heterocycles. The van der Waals surface area contributed by atoms with E-state index in [9.17, 15) is 0 Å². The van der Waals surface area contributed by atoms with Crippen molar-refractivity contribution in [3.05, 3.63) is 24.2 Å². The topological polar surface area (TPSA) is 25.2 Å². The summed E-state index contributed by atoms with van der Waals surface area (Å²) in [6.07, 6.45) is 4.39. The van der Waals surface area contributed by atoms with E-state index in [4.69, 9.17) is 4.42 Å². The highest BCUT2D eigenvalue weighted by Crippen LogP contribution is 2.34. The molecule has 1 atom stereocenters. The van der Waals surface area contributed by atoms with E-state index in [0.29, 0.717) is 12.1 Å². The van der Waals surface area contributed by atoms with Gasteiger partial charge in [-0.25, -0.2) is 0 Å². The van der Waals surface area contributed by atoms with Gasteiger partial charge in [0.05, 0.1) is 12.3 Å². The Hall–Kier alpha value is -0.760. The van der Waals surface area contributed by atoms with Crippen LogP contribution in [0.15, 0.2) is 22.8 Å². The lowest BCUT2D eigenvalue weighted by Crippen LogP contribution is -2.43. The first-order valence-electron chi connectivity index (χ1n) is 5.96. The highest BCUT2D eigenvalue weighted by molar-refractivity contribution is 5.04. The largest absolute Gasteiger partial charge is 0.468 e. The van der Waals surface area contributed by atoms with Gasteiger partial charge in [0.25, 0.3) is 0 Å². The van der Waals surface area contributed by atoms with Crippen molar-refractivity contribution in [1.82, 2.24) is 5.32 Å². The number of rotatable bonds is 4. The van der Waals surface area contributed by atoms with Crippen LogP contribution in [-0.4, -0.2) is 6.04 Å². The molecule has 2 heteroatoms. The average Bonchev–Trinajstić information content (AvgIpc) is 2.61. The van der Waals surface area contributed by atoms with Gasteiger partial charge < -0.3 is 9.73 Å². The molecule has 0 unspecified atom stereocenters. The van der Waals surface area contributed by atoms with E-state index < -0.39 is 0 Å². The first kappa shape index (κ1) is 10.7. The minimum absolute atomic E-state index is 0.345. The van der Waals surface area contributed by atoms with E-state index in [0.717, 1.165) is 17.6 Å². The van der Waals surface area contributed by atoms with Crippen molar-refractivity contribution < 1.29 is 4.42 Å². The van der Waals surface area contributed by atoms with Crippen molar-refractivity contribution in [3.63, 3.8) is 0 Å². The molecule has 1 aromatic heterocycles. The Labute approximate surface area is 92.1 Å². The van der Waals surface area contributed by atoms with Crippen LogP contribution in [0.3, 0.4) is 0 Å². The SMILES string of the molecule is CC(C)C1CC(N[C@@H](C)c2ccco2)C1. The van der Waals surface area contributed by atoms with Gasteiger partial charge in [-0.3, -0.25) is 0 Å². The van der Waals surface area contributed by atoms with Gasteiger partial charge >= 0.3 is 0 Å². The zero-order valence-corrected chi connectivity index (χ0v) is 9.86. The molecule has 1 aliphatic carbocycles. The average molecular weight is 207 g/mol. The Morgan fingerprint density at radius 3 is 2.60 bits per heavy atom. The molecule has 1 saturated carbocycles. The summed E-state index contributed by atoms with van der Waals surface area (Å²) in [7, 11) is 0. The molecule has 1 N–H and O–H groups in total. The second-order valence-electron chi connectivity index (χ2n) is 5.08. The van der Waals surface area contributed by atoms with Crippen molar-refractivity contribution in [2.24, 2.45) is 11.8 Å². The van der Waals surface area contributed by atoms with Crippen LogP contribution in [0, 0.1) is 11.8 Å². The molecule has 0 spiro atoms. The predicted molar refractivity (Wildman–Crippen MR) is 61.6 cm³/mol. The van der Waals surface area contributed by atoms with Crippen LogP contribution in [0.5, 0.6) is 0 Å². The third-order valence-corrected chi connectivity index (χ3v) is 3.57. The van der Waals surface area contributed by atoms with Gasteiger partial charge in [-0.15, -0.1) is 0 Å². The molecule has 0 amide bonds. The van der Waals surface area contributed by atoms with Gasteiger partial charge in [0.1, 0.15) is 5.76 Å². The van der Waals surface area contributed by atoms with Crippen molar-refractivity contribution in [2.45, 2.75) is 45.7 Å². The zero-order chi connectivity index (χ0) is 10.8. The van der Waals surface area contributed by atoms with E-state index in [1.807, 2.05) is 12.1 Å². The van der Waals surface area contributed by atoms with Crippen LogP contribution in [0.2, 0.25) is 0 Å². The lowest BCUT2D eigenvalue weighted by atomic mass is 9.73. The molecular formula is C13H21NO. The van der Waals surface area contributed by atoms with Gasteiger partial charge in [0.15, 0.2) is 0 Å². The minimum Gasteiger partial charge on any atom is -0.468 e. The van der Waals surface area contributed by atoms with E-state index in [1.165, 1.54) is 12.8 Å². The molecule has 1 heterocycles. The van der Waals surface area contributed by atoms with Gasteiger partial charge in [0.2, 0.25) is 0 Å². The van der Waals surface area contributed by atoms with E-state index in [1.54, 1.807) is 6.26 Å². The molecule has 0 radical (unpaired) electrons. The van der Waals surface area contributed by atoms with E-state index in [-0.39, 0.29) is 0 Å². The zero-order valence-electron chi connectivity index (χ0n) is 9.86. The molecule has 2 rings (SSSR count). The Morgan fingerprint density at radius 2 is 2.07 bits per heavy atom. The smallest absolute Gasteiger partial charge is 0.120 e. The third-order valence-electron chi connectivity index (χ3n) is 3.57. The summed E-state index contributed by atoms with van der Waals surface area (Å²) < 4.78 is 5.38. The number of nitrogens with one attached hydrogen (secondary N) is 1. The van der Waals surface area contributed by atoms with Crippen LogP contribution in [0.1, 0.15) is 45.4 Å². The van der Waals surface area contributed by atoms with Crippen LogP contribution in [-0.2, 0) is 0 Å². The summed E-state index contributed by atoms with van der Waals surface area (Å²) in [5.41, 5.74) is 0. The monoisotopic (exact) mass is 207 g/mol. The molecule has 1 aromatic rings. The van der Waals surface area contributed by atoms with Gasteiger partial charge in [0, 0.05) is 6.04 Å². The summed E-state index contributed by atoms with van der Waals surface area (Å²) in [5.74, 6) is 2.80. The van der Waals surface area contributed by atoms with Crippen LogP contribution in [0.25, 0.3) is 0 Å². The Kier molecular flexibility index (Phi) is 3.15. The molecule has 0 aliphatic heterocycles. The highest BCUT2D eigenvalue weighted by atomic mass is 16.3. The second-order valence-corrected chi connectivity index (χ2v) is 5.08. The summed E-state index contributed by atoms with van der Waals surface area (Å²) >= 11 is 0. The third kappa shape index (κ3) is 2.43. The lowest BCUT2D eigenvalue weighted by molar-refractivity contribution is 0.156. The Balaban J connectivity index is 1.76. The van der Waals surface area contributed by atoms with Crippen molar-refractivity contribution in [1.29, 1.82) is 0 Å². The Bertz CT molecular complexity index is 285. The van der Waals surface area contributed by atoms with Crippen molar-refractivity contribution in [3.8, 4) is 0 Å². The maximum atomic E-state index is 5.38. The lowest BCUT2D eigenvalue weighted by Gasteiger charge is -2.39. The highest BCUT2D eigenvalue weighted by Gasteiger charge is 2.32. The molecule has 15 heavy (non-hydrogen) atoms.